The lowest BCUT2D eigenvalue weighted by Gasteiger charge is -2.39. The van der Waals surface area contributed by atoms with Gasteiger partial charge in [0, 0.05) is 55.4 Å². The number of benzene rings is 1. The molecular weight excluding hydrogens is 433 g/mol. The predicted molar refractivity (Wildman–Crippen MR) is 124 cm³/mol. The molecule has 1 atom stereocenters. The third-order valence-corrected chi connectivity index (χ3v) is 7.48. The van der Waals surface area contributed by atoms with Crippen molar-refractivity contribution in [3.05, 3.63) is 53.6 Å². The molecule has 0 unspecified atom stereocenters. The van der Waals surface area contributed by atoms with Gasteiger partial charge in [-0.15, -0.1) is 0 Å². The number of pyridine rings is 1. The molecule has 10 heteroatoms. The molecule has 1 saturated heterocycles. The Morgan fingerprint density at radius 2 is 2.03 bits per heavy atom. The first-order valence-electron chi connectivity index (χ1n) is 10.7. The van der Waals surface area contributed by atoms with Crippen molar-refractivity contribution < 1.29 is 17.6 Å². The highest BCUT2D eigenvalue weighted by atomic mass is 32.2. The van der Waals surface area contributed by atoms with Crippen molar-refractivity contribution in [1.82, 2.24) is 14.2 Å². The van der Waals surface area contributed by atoms with Gasteiger partial charge in [-0.3, -0.25) is 9.88 Å². The Hall–Kier alpha value is -2.56. The molecule has 32 heavy (non-hydrogen) atoms. The number of anilines is 2. The Bertz CT molecular complexity index is 1060. The van der Waals surface area contributed by atoms with Crippen LogP contribution in [-0.2, 0) is 16.6 Å². The van der Waals surface area contributed by atoms with Crippen molar-refractivity contribution in [2.75, 3.05) is 36.0 Å². The molecule has 0 saturated carbocycles. The standard InChI is InChI=1S/C22H30FN5O3S/c1-4-12-32(30,31)28-11-10-27(17(3)14-28)15-18-6-5-7-20(21(18)23)26-22(29)25-19-8-9-24-16(2)13-19/h5-9,13,17H,4,10-12,14-15H2,1-3H3,(H2,24,25,26,29)/t17-/m0/s1. The second kappa shape index (κ2) is 10.4. The lowest BCUT2D eigenvalue weighted by molar-refractivity contribution is 0.120. The summed E-state index contributed by atoms with van der Waals surface area (Å²) < 4.78 is 41.3. The number of piperazine rings is 1. The molecule has 1 aromatic heterocycles. The molecule has 2 aromatic rings. The van der Waals surface area contributed by atoms with Gasteiger partial charge in [-0.25, -0.2) is 17.6 Å². The number of halogens is 1. The zero-order valence-corrected chi connectivity index (χ0v) is 19.5. The quantitative estimate of drug-likeness (QED) is 0.656. The number of rotatable bonds is 7. The van der Waals surface area contributed by atoms with Gasteiger partial charge in [0.05, 0.1) is 11.4 Å². The fraction of sp³-hybridized carbons (Fsp3) is 0.455. The highest BCUT2D eigenvalue weighted by Gasteiger charge is 2.31. The Morgan fingerprint density at radius 1 is 1.25 bits per heavy atom. The van der Waals surface area contributed by atoms with Gasteiger partial charge in [-0.05, 0) is 38.5 Å². The number of hydrogen-bond donors (Lipinski definition) is 2. The van der Waals surface area contributed by atoms with Crippen LogP contribution in [0.25, 0.3) is 0 Å². The number of urea groups is 1. The van der Waals surface area contributed by atoms with E-state index in [2.05, 4.69) is 20.5 Å². The van der Waals surface area contributed by atoms with E-state index in [0.717, 1.165) is 5.69 Å². The molecule has 1 aliphatic heterocycles. The molecule has 0 aliphatic carbocycles. The summed E-state index contributed by atoms with van der Waals surface area (Å²) in [7, 11) is -3.25. The van der Waals surface area contributed by atoms with Crippen LogP contribution in [0.4, 0.5) is 20.6 Å². The van der Waals surface area contributed by atoms with E-state index in [-0.39, 0.29) is 17.5 Å². The number of nitrogens with zero attached hydrogens (tertiary/aromatic N) is 3. The number of aryl methyl sites for hydroxylation is 1. The Kier molecular flexibility index (Phi) is 7.81. The molecule has 2 heterocycles. The van der Waals surface area contributed by atoms with Gasteiger partial charge >= 0.3 is 6.03 Å². The van der Waals surface area contributed by atoms with E-state index >= 15 is 4.39 Å². The predicted octanol–water partition coefficient (Wildman–Crippen LogP) is 3.42. The lowest BCUT2D eigenvalue weighted by atomic mass is 10.1. The van der Waals surface area contributed by atoms with E-state index in [0.29, 0.717) is 43.9 Å². The molecular formula is C22H30FN5O3S. The molecule has 0 bridgehead atoms. The van der Waals surface area contributed by atoms with Gasteiger partial charge in [0.15, 0.2) is 5.82 Å². The maximum Gasteiger partial charge on any atom is 0.323 e. The molecule has 1 fully saturated rings. The first kappa shape index (κ1) is 24.1. The summed E-state index contributed by atoms with van der Waals surface area (Å²) in [4.78, 5) is 18.4. The summed E-state index contributed by atoms with van der Waals surface area (Å²) in [5.41, 5.74) is 1.85. The summed E-state index contributed by atoms with van der Waals surface area (Å²) in [6.07, 6.45) is 2.16. The summed E-state index contributed by atoms with van der Waals surface area (Å²) in [5, 5.41) is 5.22. The van der Waals surface area contributed by atoms with E-state index in [4.69, 9.17) is 0 Å². The van der Waals surface area contributed by atoms with E-state index < -0.39 is 21.9 Å². The molecule has 2 amide bonds. The summed E-state index contributed by atoms with van der Waals surface area (Å²) >= 11 is 0. The highest BCUT2D eigenvalue weighted by molar-refractivity contribution is 7.89. The number of carbonyl (C=O) groups is 1. The number of carbonyl (C=O) groups excluding carboxylic acids is 1. The van der Waals surface area contributed by atoms with Crippen LogP contribution in [0.2, 0.25) is 0 Å². The minimum atomic E-state index is -3.25. The van der Waals surface area contributed by atoms with Gasteiger partial charge < -0.3 is 10.6 Å². The average Bonchev–Trinajstić information content (AvgIpc) is 2.72. The molecule has 0 radical (unpaired) electrons. The van der Waals surface area contributed by atoms with Gasteiger partial charge in [-0.2, -0.15) is 4.31 Å². The van der Waals surface area contributed by atoms with E-state index in [1.165, 1.54) is 10.4 Å². The SMILES string of the molecule is CCCS(=O)(=O)N1CCN(Cc2cccc(NC(=O)Nc3ccnc(C)c3)c2F)[C@@H](C)C1. The molecule has 1 aliphatic rings. The van der Waals surface area contributed by atoms with Crippen LogP contribution in [-0.4, -0.2) is 60.1 Å². The van der Waals surface area contributed by atoms with Crippen LogP contribution in [0.1, 0.15) is 31.5 Å². The Balaban J connectivity index is 1.64. The van der Waals surface area contributed by atoms with Crippen molar-refractivity contribution in [3.8, 4) is 0 Å². The molecule has 8 nitrogen and oxygen atoms in total. The maximum absolute atomic E-state index is 15.1. The van der Waals surface area contributed by atoms with Crippen molar-refractivity contribution in [2.24, 2.45) is 0 Å². The third-order valence-electron chi connectivity index (χ3n) is 5.44. The van der Waals surface area contributed by atoms with Crippen LogP contribution >= 0.6 is 0 Å². The lowest BCUT2D eigenvalue weighted by Crippen LogP contribution is -2.53. The van der Waals surface area contributed by atoms with Crippen LogP contribution in [0.3, 0.4) is 0 Å². The van der Waals surface area contributed by atoms with Crippen LogP contribution in [0, 0.1) is 12.7 Å². The monoisotopic (exact) mass is 463 g/mol. The number of amides is 2. The largest absolute Gasteiger partial charge is 0.323 e. The zero-order chi connectivity index (χ0) is 23.3. The number of nitrogens with one attached hydrogen (secondary N) is 2. The normalized spacial score (nSPS) is 17.8. The molecule has 3 rings (SSSR count). The average molecular weight is 464 g/mol. The number of hydrogen-bond acceptors (Lipinski definition) is 5. The zero-order valence-electron chi connectivity index (χ0n) is 18.6. The first-order valence-corrected chi connectivity index (χ1v) is 12.3. The van der Waals surface area contributed by atoms with Crippen molar-refractivity contribution in [2.45, 2.75) is 39.8 Å². The fourth-order valence-corrected chi connectivity index (χ4v) is 5.34. The van der Waals surface area contributed by atoms with Crippen molar-refractivity contribution >= 4 is 27.4 Å². The topological polar surface area (TPSA) is 94.6 Å². The van der Waals surface area contributed by atoms with Gasteiger partial charge in [0.1, 0.15) is 0 Å². The van der Waals surface area contributed by atoms with Gasteiger partial charge in [-0.1, -0.05) is 19.1 Å². The van der Waals surface area contributed by atoms with Crippen molar-refractivity contribution in [3.63, 3.8) is 0 Å². The second-order valence-corrected chi connectivity index (χ2v) is 10.1. The maximum atomic E-state index is 15.1. The number of sulfonamides is 1. The summed E-state index contributed by atoms with van der Waals surface area (Å²) in [5.74, 6) is -0.356. The summed E-state index contributed by atoms with van der Waals surface area (Å²) in [6, 6.07) is 7.65. The fourth-order valence-electron chi connectivity index (χ4n) is 3.76. The van der Waals surface area contributed by atoms with Crippen LogP contribution in [0.15, 0.2) is 36.5 Å². The summed E-state index contributed by atoms with van der Waals surface area (Å²) in [6.45, 7) is 7.22. The van der Waals surface area contributed by atoms with Gasteiger partial charge in [0.2, 0.25) is 10.0 Å². The van der Waals surface area contributed by atoms with E-state index in [1.807, 2.05) is 20.8 Å². The van der Waals surface area contributed by atoms with Crippen molar-refractivity contribution in [1.29, 1.82) is 0 Å². The minimum absolute atomic E-state index is 0.0513. The molecule has 1 aromatic carbocycles. The van der Waals surface area contributed by atoms with Gasteiger partial charge in [0.25, 0.3) is 0 Å². The van der Waals surface area contributed by atoms with E-state index in [9.17, 15) is 13.2 Å². The number of aromatic nitrogens is 1. The minimum Gasteiger partial charge on any atom is -0.308 e. The second-order valence-electron chi connectivity index (χ2n) is 8.04. The molecule has 174 valence electrons. The van der Waals surface area contributed by atoms with E-state index in [1.54, 1.807) is 30.5 Å². The molecule has 0 spiro atoms. The smallest absolute Gasteiger partial charge is 0.308 e. The van der Waals surface area contributed by atoms with Crippen LogP contribution < -0.4 is 10.6 Å². The molecule has 2 N–H and O–H groups in total. The van der Waals surface area contributed by atoms with Crippen LogP contribution in [0.5, 0.6) is 0 Å². The Labute approximate surface area is 188 Å². The third kappa shape index (κ3) is 6.02. The first-order chi connectivity index (χ1) is 15.2. The highest BCUT2D eigenvalue weighted by Crippen LogP contribution is 2.23. The Morgan fingerprint density at radius 3 is 2.72 bits per heavy atom.